The minimum atomic E-state index is -4.31. The van der Waals surface area contributed by atoms with Crippen molar-refractivity contribution in [3.63, 3.8) is 0 Å². The van der Waals surface area contributed by atoms with Crippen molar-refractivity contribution in [3.05, 3.63) is 29.8 Å². The summed E-state index contributed by atoms with van der Waals surface area (Å²) in [5.74, 6) is 0. The van der Waals surface area contributed by atoms with E-state index in [-0.39, 0.29) is 5.69 Å². The van der Waals surface area contributed by atoms with E-state index in [2.05, 4.69) is 5.32 Å². The van der Waals surface area contributed by atoms with Crippen LogP contribution in [-0.2, 0) is 10.9 Å². The Bertz CT molecular complexity index is 339. The molecule has 1 rings (SSSR count). The van der Waals surface area contributed by atoms with Crippen LogP contribution < -0.4 is 5.32 Å². The largest absolute Gasteiger partial charge is 0.418 e. The van der Waals surface area contributed by atoms with Gasteiger partial charge in [0.25, 0.3) is 0 Å². The van der Waals surface area contributed by atoms with Gasteiger partial charge in [-0.25, -0.2) is 0 Å². The Kier molecular flexibility index (Phi) is 5.28. The Hall–Kier alpha value is -1.23. The van der Waals surface area contributed by atoms with E-state index < -0.39 is 11.7 Å². The Morgan fingerprint density at radius 3 is 2.53 bits per heavy atom. The second kappa shape index (κ2) is 6.49. The number of rotatable bonds is 6. The van der Waals surface area contributed by atoms with Crippen LogP contribution in [0.15, 0.2) is 24.3 Å². The Morgan fingerprint density at radius 2 is 1.88 bits per heavy atom. The molecule has 0 aliphatic carbocycles. The number of benzene rings is 1. The lowest BCUT2D eigenvalue weighted by atomic mass is 10.1. The number of para-hydroxylation sites is 1. The zero-order valence-electron chi connectivity index (χ0n) is 9.68. The molecule has 1 aromatic carbocycles. The van der Waals surface area contributed by atoms with Gasteiger partial charge in [0.1, 0.15) is 0 Å². The van der Waals surface area contributed by atoms with E-state index in [4.69, 9.17) is 4.74 Å². The highest BCUT2D eigenvalue weighted by atomic mass is 19.4. The van der Waals surface area contributed by atoms with Crippen molar-refractivity contribution in [1.29, 1.82) is 0 Å². The third-order valence-corrected chi connectivity index (χ3v) is 2.32. The number of ether oxygens (including phenoxy) is 1. The standard InChI is InChI=1S/C12H16F3NO/c1-17-9-5-4-8-16-11-7-3-2-6-10(11)12(13,14)15/h2-3,6-7,16H,4-5,8-9H2,1H3. The third-order valence-electron chi connectivity index (χ3n) is 2.32. The lowest BCUT2D eigenvalue weighted by Gasteiger charge is -2.14. The SMILES string of the molecule is COCCCCNc1ccccc1C(F)(F)F. The first kappa shape index (κ1) is 13.8. The van der Waals surface area contributed by atoms with Crippen molar-refractivity contribution >= 4 is 5.69 Å². The molecule has 0 radical (unpaired) electrons. The smallest absolute Gasteiger partial charge is 0.385 e. The number of methoxy groups -OCH3 is 1. The molecule has 5 heteroatoms. The average Bonchev–Trinajstić information content (AvgIpc) is 2.28. The predicted octanol–water partition coefficient (Wildman–Crippen LogP) is 3.54. The normalized spacial score (nSPS) is 11.5. The van der Waals surface area contributed by atoms with Gasteiger partial charge in [0, 0.05) is 25.9 Å². The van der Waals surface area contributed by atoms with Crippen LogP contribution in [0.4, 0.5) is 18.9 Å². The van der Waals surface area contributed by atoms with Gasteiger partial charge < -0.3 is 10.1 Å². The summed E-state index contributed by atoms with van der Waals surface area (Å²) >= 11 is 0. The summed E-state index contributed by atoms with van der Waals surface area (Å²) in [6, 6.07) is 5.50. The van der Waals surface area contributed by atoms with Crippen molar-refractivity contribution in [2.75, 3.05) is 25.6 Å². The van der Waals surface area contributed by atoms with E-state index in [1.807, 2.05) is 0 Å². The number of nitrogens with one attached hydrogen (secondary N) is 1. The molecule has 96 valence electrons. The molecule has 0 aliphatic heterocycles. The maximum atomic E-state index is 12.6. The monoisotopic (exact) mass is 247 g/mol. The molecule has 0 aromatic heterocycles. The fourth-order valence-electron chi connectivity index (χ4n) is 1.48. The highest BCUT2D eigenvalue weighted by molar-refractivity contribution is 5.52. The van der Waals surface area contributed by atoms with Gasteiger partial charge in [-0.15, -0.1) is 0 Å². The molecule has 0 spiro atoms. The van der Waals surface area contributed by atoms with Gasteiger partial charge >= 0.3 is 6.18 Å². The van der Waals surface area contributed by atoms with Gasteiger partial charge in [-0.2, -0.15) is 13.2 Å². The van der Waals surface area contributed by atoms with Crippen LogP contribution in [0, 0.1) is 0 Å². The molecule has 0 amide bonds. The number of halogens is 3. The van der Waals surface area contributed by atoms with Gasteiger partial charge in [-0.3, -0.25) is 0 Å². The van der Waals surface area contributed by atoms with Crippen LogP contribution in [0.1, 0.15) is 18.4 Å². The van der Waals surface area contributed by atoms with Crippen LogP contribution in [-0.4, -0.2) is 20.3 Å². The Labute approximate surface area is 98.8 Å². The summed E-state index contributed by atoms with van der Waals surface area (Å²) in [4.78, 5) is 0. The van der Waals surface area contributed by atoms with Crippen LogP contribution >= 0.6 is 0 Å². The molecule has 0 unspecified atom stereocenters. The van der Waals surface area contributed by atoms with E-state index in [1.54, 1.807) is 13.2 Å². The number of unbranched alkanes of at least 4 members (excludes halogenated alkanes) is 1. The molecule has 0 aliphatic rings. The van der Waals surface area contributed by atoms with Crippen molar-refractivity contribution in [3.8, 4) is 0 Å². The minimum Gasteiger partial charge on any atom is -0.385 e. The Morgan fingerprint density at radius 1 is 1.18 bits per heavy atom. The molecule has 1 aromatic rings. The summed E-state index contributed by atoms with van der Waals surface area (Å²) in [6.45, 7) is 1.14. The highest BCUT2D eigenvalue weighted by Crippen LogP contribution is 2.34. The topological polar surface area (TPSA) is 21.3 Å². The van der Waals surface area contributed by atoms with E-state index in [1.165, 1.54) is 12.1 Å². The summed E-state index contributed by atoms with van der Waals surface area (Å²) in [5.41, 5.74) is -0.482. The molecular formula is C12H16F3NO. The quantitative estimate of drug-likeness (QED) is 0.776. The second-order valence-electron chi connectivity index (χ2n) is 3.67. The zero-order chi connectivity index (χ0) is 12.7. The number of anilines is 1. The first-order chi connectivity index (χ1) is 8.05. The maximum absolute atomic E-state index is 12.6. The highest BCUT2D eigenvalue weighted by Gasteiger charge is 2.32. The van der Waals surface area contributed by atoms with Gasteiger partial charge in [0.05, 0.1) is 5.56 Å². The van der Waals surface area contributed by atoms with Gasteiger partial charge in [0.15, 0.2) is 0 Å². The molecule has 0 heterocycles. The van der Waals surface area contributed by atoms with Gasteiger partial charge in [-0.05, 0) is 25.0 Å². The molecule has 2 nitrogen and oxygen atoms in total. The van der Waals surface area contributed by atoms with Crippen molar-refractivity contribution in [1.82, 2.24) is 0 Å². The molecular weight excluding hydrogens is 231 g/mol. The van der Waals surface area contributed by atoms with Crippen LogP contribution in [0.25, 0.3) is 0 Å². The summed E-state index contributed by atoms with van der Waals surface area (Å²) in [6.07, 6.45) is -2.70. The van der Waals surface area contributed by atoms with Gasteiger partial charge in [-0.1, -0.05) is 12.1 Å². The van der Waals surface area contributed by atoms with Crippen LogP contribution in [0.5, 0.6) is 0 Å². The van der Waals surface area contributed by atoms with E-state index in [9.17, 15) is 13.2 Å². The third kappa shape index (κ3) is 4.65. The van der Waals surface area contributed by atoms with Gasteiger partial charge in [0.2, 0.25) is 0 Å². The molecule has 0 atom stereocenters. The number of alkyl halides is 3. The van der Waals surface area contributed by atoms with Crippen LogP contribution in [0.3, 0.4) is 0 Å². The zero-order valence-corrected chi connectivity index (χ0v) is 9.68. The summed E-state index contributed by atoms with van der Waals surface area (Å²) in [5, 5.41) is 2.80. The van der Waals surface area contributed by atoms with Crippen molar-refractivity contribution in [2.24, 2.45) is 0 Å². The fourth-order valence-corrected chi connectivity index (χ4v) is 1.48. The first-order valence-electron chi connectivity index (χ1n) is 5.44. The molecule has 0 saturated carbocycles. The van der Waals surface area contributed by atoms with E-state index in [0.717, 1.165) is 18.9 Å². The molecule has 0 fully saturated rings. The summed E-state index contributed by atoms with van der Waals surface area (Å²) in [7, 11) is 1.60. The molecule has 1 N–H and O–H groups in total. The number of hydrogen-bond donors (Lipinski definition) is 1. The van der Waals surface area contributed by atoms with Crippen molar-refractivity contribution in [2.45, 2.75) is 19.0 Å². The lowest BCUT2D eigenvalue weighted by Crippen LogP contribution is -2.11. The number of hydrogen-bond acceptors (Lipinski definition) is 2. The fraction of sp³-hybridized carbons (Fsp3) is 0.500. The average molecular weight is 247 g/mol. The minimum absolute atomic E-state index is 0.136. The van der Waals surface area contributed by atoms with E-state index in [0.29, 0.717) is 13.2 Å². The first-order valence-corrected chi connectivity index (χ1v) is 5.44. The lowest BCUT2D eigenvalue weighted by molar-refractivity contribution is -0.136. The molecule has 0 saturated heterocycles. The van der Waals surface area contributed by atoms with E-state index >= 15 is 0 Å². The van der Waals surface area contributed by atoms with Crippen LogP contribution in [0.2, 0.25) is 0 Å². The Balaban J connectivity index is 2.53. The van der Waals surface area contributed by atoms with Crippen molar-refractivity contribution < 1.29 is 17.9 Å². The summed E-state index contributed by atoms with van der Waals surface area (Å²) < 4.78 is 42.7. The maximum Gasteiger partial charge on any atom is 0.418 e. The molecule has 0 bridgehead atoms. The second-order valence-corrected chi connectivity index (χ2v) is 3.67. The molecule has 17 heavy (non-hydrogen) atoms. The predicted molar refractivity (Wildman–Crippen MR) is 61.0 cm³/mol.